The largest absolute Gasteiger partial charge is 0.380 e. The van der Waals surface area contributed by atoms with Crippen molar-refractivity contribution in [1.29, 1.82) is 0 Å². The van der Waals surface area contributed by atoms with Gasteiger partial charge in [-0.05, 0) is 33.1 Å². The van der Waals surface area contributed by atoms with Gasteiger partial charge in [-0.15, -0.1) is 0 Å². The standard InChI is InChI=1S/C14H30N2O/c1-11(2)7-13-9-16(8-12(3)17-6)14(4,5)10-15-13/h11-13,15H,7-10H2,1-6H3. The van der Waals surface area contributed by atoms with Crippen LogP contribution < -0.4 is 5.32 Å². The number of ether oxygens (including phenoxy) is 1. The Hall–Kier alpha value is -0.120. The second kappa shape index (κ2) is 6.17. The SMILES string of the molecule is COC(C)CN1CC(CC(C)C)NCC1(C)C. The number of rotatable bonds is 5. The molecule has 3 heteroatoms. The molecule has 1 saturated heterocycles. The van der Waals surface area contributed by atoms with Crippen molar-refractivity contribution in [2.45, 2.75) is 58.7 Å². The Morgan fingerprint density at radius 2 is 2.00 bits per heavy atom. The monoisotopic (exact) mass is 242 g/mol. The summed E-state index contributed by atoms with van der Waals surface area (Å²) in [5.41, 5.74) is 0.236. The van der Waals surface area contributed by atoms with Crippen molar-refractivity contribution in [3.05, 3.63) is 0 Å². The van der Waals surface area contributed by atoms with Crippen molar-refractivity contribution in [3.8, 4) is 0 Å². The predicted molar refractivity (Wildman–Crippen MR) is 73.4 cm³/mol. The fraction of sp³-hybridized carbons (Fsp3) is 1.00. The predicted octanol–water partition coefficient (Wildman–Crippen LogP) is 2.12. The van der Waals surface area contributed by atoms with Crippen LogP contribution in [0.4, 0.5) is 0 Å². The van der Waals surface area contributed by atoms with Gasteiger partial charge in [0.2, 0.25) is 0 Å². The molecule has 0 aromatic carbocycles. The summed E-state index contributed by atoms with van der Waals surface area (Å²) in [6.07, 6.45) is 1.57. The molecule has 3 nitrogen and oxygen atoms in total. The smallest absolute Gasteiger partial charge is 0.0670 e. The Bertz CT molecular complexity index is 228. The molecule has 2 atom stereocenters. The van der Waals surface area contributed by atoms with Gasteiger partial charge in [0.1, 0.15) is 0 Å². The maximum atomic E-state index is 5.40. The third-order valence-electron chi connectivity index (χ3n) is 3.76. The van der Waals surface area contributed by atoms with Gasteiger partial charge in [-0.25, -0.2) is 0 Å². The van der Waals surface area contributed by atoms with Crippen molar-refractivity contribution in [1.82, 2.24) is 10.2 Å². The molecule has 1 heterocycles. The average Bonchev–Trinajstić information content (AvgIpc) is 2.22. The Kier molecular flexibility index (Phi) is 5.42. The third kappa shape index (κ3) is 4.57. The summed E-state index contributed by atoms with van der Waals surface area (Å²) in [5, 5.41) is 3.68. The molecule has 1 rings (SSSR count). The van der Waals surface area contributed by atoms with Gasteiger partial charge in [0.05, 0.1) is 6.10 Å². The fourth-order valence-corrected chi connectivity index (χ4v) is 2.52. The van der Waals surface area contributed by atoms with Crippen molar-refractivity contribution < 1.29 is 4.74 Å². The lowest BCUT2D eigenvalue weighted by Crippen LogP contribution is -2.63. The van der Waals surface area contributed by atoms with E-state index in [1.807, 2.05) is 0 Å². The minimum absolute atomic E-state index is 0.236. The van der Waals surface area contributed by atoms with Gasteiger partial charge < -0.3 is 10.1 Å². The molecule has 0 radical (unpaired) electrons. The summed E-state index contributed by atoms with van der Waals surface area (Å²) >= 11 is 0. The van der Waals surface area contributed by atoms with Gasteiger partial charge >= 0.3 is 0 Å². The van der Waals surface area contributed by atoms with Crippen molar-refractivity contribution in [2.75, 3.05) is 26.7 Å². The molecule has 0 aliphatic carbocycles. The first-order chi connectivity index (χ1) is 7.85. The van der Waals surface area contributed by atoms with Crippen LogP contribution in [0.25, 0.3) is 0 Å². The number of nitrogens with one attached hydrogen (secondary N) is 1. The molecule has 1 N–H and O–H groups in total. The molecule has 1 fully saturated rings. The number of methoxy groups -OCH3 is 1. The summed E-state index contributed by atoms with van der Waals surface area (Å²) < 4.78 is 5.40. The minimum atomic E-state index is 0.236. The number of hydrogen-bond donors (Lipinski definition) is 1. The van der Waals surface area contributed by atoms with Crippen LogP contribution in [-0.2, 0) is 4.74 Å². The molecule has 0 spiro atoms. The lowest BCUT2D eigenvalue weighted by atomic mass is 9.93. The first-order valence-corrected chi connectivity index (χ1v) is 6.86. The Morgan fingerprint density at radius 1 is 1.35 bits per heavy atom. The third-order valence-corrected chi connectivity index (χ3v) is 3.76. The van der Waals surface area contributed by atoms with E-state index in [2.05, 4.69) is 44.8 Å². The highest BCUT2D eigenvalue weighted by atomic mass is 16.5. The van der Waals surface area contributed by atoms with E-state index in [0.717, 1.165) is 25.6 Å². The summed E-state index contributed by atoms with van der Waals surface area (Å²) in [6.45, 7) is 14.6. The molecule has 2 unspecified atom stereocenters. The normalized spacial score (nSPS) is 27.4. The van der Waals surface area contributed by atoms with Crippen molar-refractivity contribution >= 4 is 0 Å². The zero-order chi connectivity index (χ0) is 13.1. The highest BCUT2D eigenvalue weighted by Crippen LogP contribution is 2.21. The molecule has 0 aromatic heterocycles. The van der Waals surface area contributed by atoms with Crippen LogP contribution in [0.15, 0.2) is 0 Å². The first-order valence-electron chi connectivity index (χ1n) is 6.86. The molecular formula is C14H30N2O. The van der Waals surface area contributed by atoms with E-state index in [0.29, 0.717) is 12.1 Å². The van der Waals surface area contributed by atoms with Crippen LogP contribution >= 0.6 is 0 Å². The van der Waals surface area contributed by atoms with Crippen LogP contribution in [0.5, 0.6) is 0 Å². The summed E-state index contributed by atoms with van der Waals surface area (Å²) in [5.74, 6) is 0.760. The van der Waals surface area contributed by atoms with Gasteiger partial charge in [-0.2, -0.15) is 0 Å². The molecular weight excluding hydrogens is 212 g/mol. The zero-order valence-electron chi connectivity index (χ0n) is 12.4. The molecule has 102 valence electrons. The average molecular weight is 242 g/mol. The van der Waals surface area contributed by atoms with Crippen LogP contribution in [0.1, 0.15) is 41.0 Å². The van der Waals surface area contributed by atoms with Crippen LogP contribution in [0.2, 0.25) is 0 Å². The molecule has 0 amide bonds. The Morgan fingerprint density at radius 3 is 2.53 bits per heavy atom. The van der Waals surface area contributed by atoms with Gasteiger partial charge in [-0.1, -0.05) is 13.8 Å². The summed E-state index contributed by atoms with van der Waals surface area (Å²) in [6, 6.07) is 0.632. The number of piperazine rings is 1. The molecule has 0 bridgehead atoms. The second-order valence-corrected chi connectivity index (χ2v) is 6.47. The molecule has 17 heavy (non-hydrogen) atoms. The lowest BCUT2D eigenvalue weighted by molar-refractivity contribution is 0.00625. The van der Waals surface area contributed by atoms with Crippen LogP contribution in [0.3, 0.4) is 0 Å². The zero-order valence-corrected chi connectivity index (χ0v) is 12.4. The molecule has 0 saturated carbocycles. The topological polar surface area (TPSA) is 24.5 Å². The maximum Gasteiger partial charge on any atom is 0.0670 e. The minimum Gasteiger partial charge on any atom is -0.380 e. The van der Waals surface area contributed by atoms with Crippen molar-refractivity contribution in [2.24, 2.45) is 5.92 Å². The highest BCUT2D eigenvalue weighted by molar-refractivity contribution is 4.93. The van der Waals surface area contributed by atoms with E-state index in [1.165, 1.54) is 6.42 Å². The van der Waals surface area contributed by atoms with Gasteiger partial charge in [0.25, 0.3) is 0 Å². The quantitative estimate of drug-likeness (QED) is 0.799. The lowest BCUT2D eigenvalue weighted by Gasteiger charge is -2.47. The highest BCUT2D eigenvalue weighted by Gasteiger charge is 2.34. The maximum absolute atomic E-state index is 5.40. The van der Waals surface area contributed by atoms with Gasteiger partial charge in [-0.3, -0.25) is 4.90 Å². The van der Waals surface area contributed by atoms with Gasteiger partial charge in [0.15, 0.2) is 0 Å². The van der Waals surface area contributed by atoms with Crippen LogP contribution in [-0.4, -0.2) is 49.3 Å². The molecule has 1 aliphatic rings. The van der Waals surface area contributed by atoms with E-state index in [9.17, 15) is 0 Å². The van der Waals surface area contributed by atoms with E-state index < -0.39 is 0 Å². The van der Waals surface area contributed by atoms with E-state index in [-0.39, 0.29) is 5.54 Å². The fourth-order valence-electron chi connectivity index (χ4n) is 2.52. The van der Waals surface area contributed by atoms with Crippen LogP contribution in [0, 0.1) is 5.92 Å². The van der Waals surface area contributed by atoms with E-state index >= 15 is 0 Å². The van der Waals surface area contributed by atoms with E-state index in [4.69, 9.17) is 4.74 Å². The summed E-state index contributed by atoms with van der Waals surface area (Å²) in [7, 11) is 1.80. The number of nitrogens with zero attached hydrogens (tertiary/aromatic N) is 1. The Balaban J connectivity index is 2.56. The first kappa shape index (κ1) is 14.9. The summed E-state index contributed by atoms with van der Waals surface area (Å²) in [4.78, 5) is 2.57. The van der Waals surface area contributed by atoms with E-state index in [1.54, 1.807) is 7.11 Å². The van der Waals surface area contributed by atoms with Gasteiger partial charge in [0, 0.05) is 38.3 Å². The number of hydrogen-bond acceptors (Lipinski definition) is 3. The molecule has 1 aliphatic heterocycles. The van der Waals surface area contributed by atoms with Crippen molar-refractivity contribution in [3.63, 3.8) is 0 Å². The Labute approximate surface area is 107 Å². The molecule has 0 aromatic rings. The second-order valence-electron chi connectivity index (χ2n) is 6.47.